The van der Waals surface area contributed by atoms with Crippen LogP contribution < -0.4 is 0 Å². The first-order valence-electron chi connectivity index (χ1n) is 8.77. The molecule has 3 aromatic rings. The van der Waals surface area contributed by atoms with Crippen molar-refractivity contribution in [2.24, 2.45) is 0 Å². The molecule has 4 nitrogen and oxygen atoms in total. The molecule has 2 heterocycles. The molecule has 0 amide bonds. The van der Waals surface area contributed by atoms with E-state index in [-0.39, 0.29) is 0 Å². The van der Waals surface area contributed by atoms with E-state index in [1.54, 1.807) is 22.7 Å². The van der Waals surface area contributed by atoms with E-state index >= 15 is 0 Å². The Morgan fingerprint density at radius 3 is 1.29 bits per heavy atom. The molecule has 0 aliphatic heterocycles. The quantitative estimate of drug-likeness (QED) is 0.495. The van der Waals surface area contributed by atoms with Crippen molar-refractivity contribution in [1.82, 2.24) is 0 Å². The number of aryl methyl sites for hydroxylation is 2. The molecule has 0 saturated heterocycles. The van der Waals surface area contributed by atoms with Crippen LogP contribution in [0.15, 0.2) is 24.3 Å². The van der Waals surface area contributed by atoms with Crippen LogP contribution in [0.25, 0.3) is 20.9 Å². The number of rotatable bonds is 4. The largest absolute Gasteiger partial charge is 0.465 e. The predicted molar refractivity (Wildman–Crippen MR) is 115 cm³/mol. The first-order valence-corrected chi connectivity index (χ1v) is 10.4. The van der Waals surface area contributed by atoms with E-state index < -0.39 is 11.9 Å². The van der Waals surface area contributed by atoms with Crippen molar-refractivity contribution in [3.63, 3.8) is 0 Å². The lowest BCUT2D eigenvalue weighted by molar-refractivity contribution is 0.0586. The number of carbonyl (C=O) groups excluding carboxylic acids is 2. The maximum atomic E-state index is 12.8. The van der Waals surface area contributed by atoms with Crippen molar-refractivity contribution in [3.8, 4) is 20.9 Å². The zero-order valence-corrected chi connectivity index (χ0v) is 18.4. The molecule has 0 aliphatic carbocycles. The first kappa shape index (κ1) is 20.3. The second-order valence-corrected chi connectivity index (χ2v) is 9.13. The lowest BCUT2D eigenvalue weighted by Crippen LogP contribution is -2.14. The highest BCUT2D eigenvalue weighted by Gasteiger charge is 2.30. The summed E-state index contributed by atoms with van der Waals surface area (Å²) in [5.74, 6) is -0.819. The van der Waals surface area contributed by atoms with Gasteiger partial charge in [-0.3, -0.25) is 0 Å². The Morgan fingerprint density at radius 2 is 1.04 bits per heavy atom. The van der Waals surface area contributed by atoms with Crippen molar-refractivity contribution in [1.29, 1.82) is 0 Å². The fourth-order valence-corrected chi connectivity index (χ4v) is 5.42. The summed E-state index contributed by atoms with van der Waals surface area (Å²) in [5.41, 5.74) is 3.91. The topological polar surface area (TPSA) is 52.6 Å². The summed E-state index contributed by atoms with van der Waals surface area (Å²) in [6.07, 6.45) is 0. The van der Waals surface area contributed by atoms with Crippen LogP contribution in [-0.2, 0) is 9.47 Å². The Bertz CT molecular complexity index is 987. The number of methoxy groups -OCH3 is 2. The van der Waals surface area contributed by atoms with E-state index in [0.717, 1.165) is 41.8 Å². The van der Waals surface area contributed by atoms with Gasteiger partial charge in [-0.15, -0.1) is 22.7 Å². The molecule has 0 bridgehead atoms. The Kier molecular flexibility index (Phi) is 5.72. The third-order valence-corrected chi connectivity index (χ3v) is 6.79. The fourth-order valence-electron chi connectivity index (χ4n) is 3.47. The number of thiophene rings is 2. The highest BCUT2D eigenvalue weighted by atomic mass is 32.1. The smallest absolute Gasteiger partial charge is 0.338 e. The molecule has 1 aromatic carbocycles. The van der Waals surface area contributed by atoms with E-state index in [1.807, 2.05) is 52.0 Å². The van der Waals surface area contributed by atoms with Crippen molar-refractivity contribution in [2.75, 3.05) is 14.2 Å². The van der Waals surface area contributed by atoms with Crippen LogP contribution in [0, 0.1) is 27.7 Å². The van der Waals surface area contributed by atoms with Crippen molar-refractivity contribution < 1.29 is 19.1 Å². The fraction of sp³-hybridized carbons (Fsp3) is 0.273. The summed E-state index contributed by atoms with van der Waals surface area (Å²) < 4.78 is 10.2. The molecule has 0 saturated carbocycles. The van der Waals surface area contributed by atoms with Crippen LogP contribution in [-0.4, -0.2) is 26.2 Å². The zero-order chi connectivity index (χ0) is 20.6. The van der Waals surface area contributed by atoms with Gasteiger partial charge in [0.2, 0.25) is 0 Å². The normalized spacial score (nSPS) is 10.8. The summed E-state index contributed by atoms with van der Waals surface area (Å²) in [7, 11) is 2.76. The number of benzene rings is 1. The third kappa shape index (κ3) is 3.38. The average Bonchev–Trinajstić information content (AvgIpc) is 3.29. The Morgan fingerprint density at radius 1 is 0.679 bits per heavy atom. The molecule has 0 fully saturated rings. The van der Waals surface area contributed by atoms with E-state index in [1.165, 1.54) is 14.2 Å². The lowest BCUT2D eigenvalue weighted by Gasteiger charge is -2.21. The molecule has 0 radical (unpaired) electrons. The molecule has 2 aromatic heterocycles. The number of esters is 2. The van der Waals surface area contributed by atoms with E-state index in [2.05, 4.69) is 0 Å². The molecule has 0 aliphatic rings. The van der Waals surface area contributed by atoms with Gasteiger partial charge in [0.05, 0.1) is 25.3 Å². The SMILES string of the molecule is COC(=O)c1c(C)c(-c2ccc(C)s2)c(C(=O)OC)c(C)c1-c1ccc(C)s1. The van der Waals surface area contributed by atoms with Gasteiger partial charge in [-0.25, -0.2) is 9.59 Å². The second kappa shape index (κ2) is 7.89. The van der Waals surface area contributed by atoms with Gasteiger partial charge >= 0.3 is 11.9 Å². The third-order valence-electron chi connectivity index (χ3n) is 4.75. The predicted octanol–water partition coefficient (Wildman–Crippen LogP) is 5.95. The van der Waals surface area contributed by atoms with Crippen LogP contribution >= 0.6 is 22.7 Å². The Labute approximate surface area is 172 Å². The highest BCUT2D eigenvalue weighted by Crippen LogP contribution is 2.44. The van der Waals surface area contributed by atoms with Crippen LogP contribution in [0.3, 0.4) is 0 Å². The van der Waals surface area contributed by atoms with Crippen LogP contribution in [0.2, 0.25) is 0 Å². The first-order chi connectivity index (χ1) is 13.3. The van der Waals surface area contributed by atoms with E-state index in [4.69, 9.17) is 9.47 Å². The summed E-state index contributed by atoms with van der Waals surface area (Å²) in [6, 6.07) is 7.96. The summed E-state index contributed by atoms with van der Waals surface area (Å²) in [5, 5.41) is 0. The average molecular weight is 415 g/mol. The molecule has 0 N–H and O–H groups in total. The van der Waals surface area contributed by atoms with Crippen molar-refractivity contribution >= 4 is 34.6 Å². The number of carbonyl (C=O) groups is 2. The molecule has 3 rings (SSSR count). The van der Waals surface area contributed by atoms with Crippen LogP contribution in [0.1, 0.15) is 41.6 Å². The van der Waals surface area contributed by atoms with E-state index in [0.29, 0.717) is 11.1 Å². The highest BCUT2D eigenvalue weighted by molar-refractivity contribution is 7.15. The summed E-state index contributed by atoms with van der Waals surface area (Å²) in [6.45, 7) is 7.76. The van der Waals surface area contributed by atoms with Crippen molar-refractivity contribution in [2.45, 2.75) is 27.7 Å². The molecular weight excluding hydrogens is 392 g/mol. The standard InChI is InChI=1S/C22H22O4S2/c1-11-7-9-15(27-11)17-13(3)20(22(24)26-6)18(16-10-8-12(2)28-16)14(4)19(17)21(23)25-5/h7-10H,1-6H3. The number of hydrogen-bond acceptors (Lipinski definition) is 6. The maximum absolute atomic E-state index is 12.8. The minimum absolute atomic E-state index is 0.410. The Hall–Kier alpha value is -2.44. The van der Waals surface area contributed by atoms with E-state index in [9.17, 15) is 9.59 Å². The van der Waals surface area contributed by atoms with Gasteiger partial charge < -0.3 is 9.47 Å². The van der Waals surface area contributed by atoms with Crippen LogP contribution in [0.5, 0.6) is 0 Å². The van der Waals surface area contributed by atoms with Gasteiger partial charge in [0.1, 0.15) is 0 Å². The molecule has 0 atom stereocenters. The second-order valence-electron chi connectivity index (χ2n) is 6.55. The molecule has 146 valence electrons. The van der Waals surface area contributed by atoms with Gasteiger partial charge in [-0.1, -0.05) is 0 Å². The molecule has 0 unspecified atom stereocenters. The van der Waals surface area contributed by atoms with Crippen molar-refractivity contribution in [3.05, 3.63) is 56.3 Å². The molecule has 0 spiro atoms. The van der Waals surface area contributed by atoms with Gasteiger partial charge in [0.15, 0.2) is 0 Å². The van der Waals surface area contributed by atoms with Gasteiger partial charge in [-0.05, 0) is 63.1 Å². The summed E-state index contributed by atoms with van der Waals surface area (Å²) >= 11 is 3.16. The minimum atomic E-state index is -0.410. The minimum Gasteiger partial charge on any atom is -0.465 e. The number of hydrogen-bond donors (Lipinski definition) is 0. The van der Waals surface area contributed by atoms with Gasteiger partial charge in [0.25, 0.3) is 0 Å². The zero-order valence-electron chi connectivity index (χ0n) is 16.8. The van der Waals surface area contributed by atoms with Gasteiger partial charge in [-0.2, -0.15) is 0 Å². The molecule has 28 heavy (non-hydrogen) atoms. The number of ether oxygens (including phenoxy) is 2. The molecular formula is C22H22O4S2. The monoisotopic (exact) mass is 414 g/mol. The van der Waals surface area contributed by atoms with Crippen LogP contribution in [0.4, 0.5) is 0 Å². The Balaban J connectivity index is 2.49. The lowest BCUT2D eigenvalue weighted by atomic mass is 9.86. The van der Waals surface area contributed by atoms with Gasteiger partial charge in [0, 0.05) is 30.6 Å². The molecule has 6 heteroatoms. The summed E-state index contributed by atoms with van der Waals surface area (Å²) in [4.78, 5) is 29.7. The maximum Gasteiger partial charge on any atom is 0.338 e.